The molecule has 1 aliphatic heterocycles. The zero-order valence-electron chi connectivity index (χ0n) is 17.7. The van der Waals surface area contributed by atoms with Crippen molar-refractivity contribution in [1.82, 2.24) is 0 Å². The summed E-state index contributed by atoms with van der Waals surface area (Å²) in [5.74, 6) is 0. The zero-order valence-corrected chi connectivity index (χ0v) is 20.7. The highest BCUT2D eigenvalue weighted by molar-refractivity contribution is 7.01. The number of hydrogen-bond acceptors (Lipinski definition) is 1. The van der Waals surface area contributed by atoms with Crippen LogP contribution in [0.2, 0.25) is 48.0 Å². The van der Waals surface area contributed by atoms with Crippen LogP contribution in [0.1, 0.15) is 41.5 Å². The first-order chi connectivity index (χ1) is 10.0. The quantitative estimate of drug-likeness (QED) is 0.503. The lowest BCUT2D eigenvalue weighted by Crippen LogP contribution is -2.60. The van der Waals surface area contributed by atoms with Gasteiger partial charge in [0.2, 0.25) is 8.32 Å². The van der Waals surface area contributed by atoms with Gasteiger partial charge in [0.15, 0.2) is 0 Å². The van der Waals surface area contributed by atoms with Gasteiger partial charge in [-0.25, -0.2) is 0 Å². The van der Waals surface area contributed by atoms with E-state index in [0.717, 1.165) is 0 Å². The Bertz CT molecular complexity index is 498. The molecule has 0 N–H and O–H groups in total. The van der Waals surface area contributed by atoms with Crippen molar-refractivity contribution in [2.75, 3.05) is 7.11 Å². The third kappa shape index (κ3) is 3.70. The highest BCUT2D eigenvalue weighted by Crippen LogP contribution is 2.56. The summed E-state index contributed by atoms with van der Waals surface area (Å²) in [5, 5.41) is 2.83. The van der Waals surface area contributed by atoms with Crippen LogP contribution in [-0.4, -0.2) is 31.6 Å². The lowest BCUT2D eigenvalue weighted by molar-refractivity contribution is 0.369. The Balaban J connectivity index is 3.64. The maximum atomic E-state index is 6.46. The fourth-order valence-corrected chi connectivity index (χ4v) is 17.9. The molecule has 0 aromatic rings. The predicted molar refractivity (Wildman–Crippen MR) is 114 cm³/mol. The molecule has 1 heterocycles. The number of hydrogen-bond donors (Lipinski definition) is 0. The molecule has 0 aromatic carbocycles. The summed E-state index contributed by atoms with van der Waals surface area (Å²) in [4.78, 5) is 0. The third-order valence-electron chi connectivity index (χ3n) is 6.41. The monoisotopic (exact) mass is 368 g/mol. The third-order valence-corrected chi connectivity index (χ3v) is 22.3. The van der Waals surface area contributed by atoms with Crippen LogP contribution in [0.3, 0.4) is 0 Å². The van der Waals surface area contributed by atoms with Crippen molar-refractivity contribution in [3.8, 4) is 0 Å². The first-order valence-electron chi connectivity index (χ1n) is 8.97. The average Bonchev–Trinajstić information content (AvgIpc) is 2.33. The highest BCUT2D eigenvalue weighted by atomic mass is 28.4. The van der Waals surface area contributed by atoms with E-state index in [9.17, 15) is 0 Å². The van der Waals surface area contributed by atoms with Crippen LogP contribution >= 0.6 is 0 Å². The van der Waals surface area contributed by atoms with Crippen LogP contribution in [0.25, 0.3) is 0 Å². The highest BCUT2D eigenvalue weighted by Gasteiger charge is 2.59. The fraction of sp³-hybridized carbons (Fsp3) is 0.789. The summed E-state index contributed by atoms with van der Waals surface area (Å²) in [6, 6.07) is 0. The first-order valence-corrected chi connectivity index (χ1v) is 17.6. The van der Waals surface area contributed by atoms with Crippen LogP contribution in [0.5, 0.6) is 0 Å². The summed E-state index contributed by atoms with van der Waals surface area (Å²) in [6.07, 6.45) is 5.13. The van der Waals surface area contributed by atoms with E-state index in [0.29, 0.717) is 10.2 Å². The van der Waals surface area contributed by atoms with E-state index in [2.05, 4.69) is 92.1 Å². The molecule has 0 aromatic heterocycles. The molecule has 0 spiro atoms. The summed E-state index contributed by atoms with van der Waals surface area (Å²) in [7, 11) is -2.93. The van der Waals surface area contributed by atoms with E-state index in [1.54, 1.807) is 5.20 Å². The van der Waals surface area contributed by atoms with Crippen molar-refractivity contribution >= 4 is 24.5 Å². The fourth-order valence-electron chi connectivity index (χ4n) is 3.60. The molecule has 1 rings (SSSR count). The van der Waals surface area contributed by atoms with E-state index < -0.39 is 24.5 Å². The Morgan fingerprint density at radius 1 is 0.957 bits per heavy atom. The standard InChI is InChI=1S/C19H40OSi3/c1-18(2,3)22(11,12)17-15-16(21(8,9)10)13-14-23(17,20-7)19(4,5)6/h13-15,17H,1-12H3. The maximum Gasteiger partial charge on any atom is 0.225 e. The summed E-state index contributed by atoms with van der Waals surface area (Å²) >= 11 is 0. The predicted octanol–water partition coefficient (Wildman–Crippen LogP) is 6.71. The molecule has 0 saturated heterocycles. The molecule has 2 atom stereocenters. The summed E-state index contributed by atoms with van der Waals surface area (Å²) < 4.78 is 6.46. The van der Waals surface area contributed by atoms with Gasteiger partial charge in [-0.1, -0.05) is 97.3 Å². The second kappa shape index (κ2) is 6.11. The summed E-state index contributed by atoms with van der Waals surface area (Å²) in [6.45, 7) is 27.1. The average molecular weight is 369 g/mol. The van der Waals surface area contributed by atoms with Gasteiger partial charge in [0.05, 0.1) is 16.1 Å². The van der Waals surface area contributed by atoms with E-state index in [1.165, 1.54) is 0 Å². The molecule has 4 heteroatoms. The van der Waals surface area contributed by atoms with Gasteiger partial charge in [0.1, 0.15) is 0 Å². The zero-order chi connectivity index (χ0) is 18.5. The van der Waals surface area contributed by atoms with Crippen LogP contribution in [0.4, 0.5) is 0 Å². The molecule has 0 radical (unpaired) electrons. The van der Waals surface area contributed by atoms with Gasteiger partial charge in [-0.15, -0.1) is 0 Å². The Labute approximate surface area is 148 Å². The van der Waals surface area contributed by atoms with Crippen LogP contribution in [0, 0.1) is 0 Å². The normalized spacial score (nSPS) is 27.1. The van der Waals surface area contributed by atoms with Crippen molar-refractivity contribution < 1.29 is 4.43 Å². The van der Waals surface area contributed by atoms with Crippen LogP contribution < -0.4 is 0 Å². The smallest absolute Gasteiger partial charge is 0.225 e. The molecule has 1 nitrogen and oxygen atoms in total. The van der Waals surface area contributed by atoms with Crippen molar-refractivity contribution in [3.63, 3.8) is 0 Å². The molecule has 23 heavy (non-hydrogen) atoms. The van der Waals surface area contributed by atoms with Crippen molar-refractivity contribution in [3.05, 3.63) is 23.0 Å². The van der Waals surface area contributed by atoms with E-state index >= 15 is 0 Å². The van der Waals surface area contributed by atoms with Crippen molar-refractivity contribution in [1.29, 1.82) is 0 Å². The lowest BCUT2D eigenvalue weighted by Gasteiger charge is -2.54. The maximum absolute atomic E-state index is 6.46. The van der Waals surface area contributed by atoms with Crippen molar-refractivity contribution in [2.24, 2.45) is 0 Å². The van der Waals surface area contributed by atoms with Crippen LogP contribution in [0.15, 0.2) is 23.0 Å². The van der Waals surface area contributed by atoms with Gasteiger partial charge in [-0.3, -0.25) is 0 Å². The second-order valence-electron chi connectivity index (χ2n) is 10.9. The Kier molecular flexibility index (Phi) is 5.62. The second-order valence-corrected chi connectivity index (χ2v) is 26.6. The first kappa shape index (κ1) is 21.1. The minimum absolute atomic E-state index is 0.208. The Morgan fingerprint density at radius 3 is 1.74 bits per heavy atom. The van der Waals surface area contributed by atoms with Gasteiger partial charge in [0, 0.05) is 7.11 Å². The number of rotatable bonds is 3. The van der Waals surface area contributed by atoms with Gasteiger partial charge in [-0.05, 0) is 15.2 Å². The topological polar surface area (TPSA) is 9.23 Å². The molecule has 0 bridgehead atoms. The van der Waals surface area contributed by atoms with E-state index in [1.807, 2.05) is 7.11 Å². The molecule has 0 saturated carbocycles. The minimum Gasteiger partial charge on any atom is -0.415 e. The van der Waals surface area contributed by atoms with Crippen molar-refractivity contribution in [2.45, 2.75) is 89.5 Å². The SMILES string of the molecule is CO[Si]1(C(C)(C)C)C=CC([Si](C)(C)C)=CC1[Si](C)(C)C(C)(C)C. The molecule has 0 amide bonds. The van der Waals surface area contributed by atoms with Gasteiger partial charge >= 0.3 is 0 Å². The molecule has 2 unspecified atom stereocenters. The van der Waals surface area contributed by atoms with Gasteiger partial charge < -0.3 is 4.43 Å². The lowest BCUT2D eigenvalue weighted by atomic mass is 10.2. The molecular formula is C19H40OSi3. The van der Waals surface area contributed by atoms with Crippen LogP contribution in [-0.2, 0) is 4.43 Å². The van der Waals surface area contributed by atoms with Gasteiger partial charge in [0.25, 0.3) is 0 Å². The van der Waals surface area contributed by atoms with E-state index in [4.69, 9.17) is 4.43 Å². The van der Waals surface area contributed by atoms with E-state index in [-0.39, 0.29) is 5.04 Å². The molecule has 0 aliphatic carbocycles. The molecular weight excluding hydrogens is 328 g/mol. The minimum atomic E-state index is -2.03. The van der Waals surface area contributed by atoms with Gasteiger partial charge in [-0.2, -0.15) is 0 Å². The number of allylic oxidation sites excluding steroid dienone is 3. The molecule has 1 aliphatic rings. The molecule has 0 fully saturated rings. The molecule has 134 valence electrons. The largest absolute Gasteiger partial charge is 0.415 e. The Morgan fingerprint density at radius 2 is 1.43 bits per heavy atom. The Hall–Kier alpha value is 0.0906. The summed E-state index contributed by atoms with van der Waals surface area (Å²) in [5.41, 5.74) is 2.55.